The summed E-state index contributed by atoms with van der Waals surface area (Å²) in [5.41, 5.74) is 8.42. The topological polar surface area (TPSA) is 38.9 Å². The molecule has 2 nitrogen and oxygen atoms in total. The van der Waals surface area contributed by atoms with Crippen molar-refractivity contribution < 1.29 is 0 Å². The molecule has 4 heteroatoms. The van der Waals surface area contributed by atoms with Gasteiger partial charge >= 0.3 is 0 Å². The first kappa shape index (κ1) is 9.51. The summed E-state index contributed by atoms with van der Waals surface area (Å²) in [6, 6.07) is 2.10. The summed E-state index contributed by atoms with van der Waals surface area (Å²) < 4.78 is 0. The Morgan fingerprint density at radius 3 is 2.80 bits per heavy atom. The Morgan fingerprint density at radius 2 is 2.20 bits per heavy atom. The van der Waals surface area contributed by atoms with Crippen molar-refractivity contribution in [3.63, 3.8) is 0 Å². The van der Waals surface area contributed by atoms with E-state index in [0.717, 1.165) is 23.5 Å². The molecule has 0 amide bonds. The van der Waals surface area contributed by atoms with E-state index >= 15 is 0 Å². The summed E-state index contributed by atoms with van der Waals surface area (Å²) >= 11 is 3.40. The summed E-state index contributed by atoms with van der Waals surface area (Å²) in [7, 11) is 0. The number of aromatic nitrogens is 1. The van der Waals surface area contributed by atoms with E-state index in [9.17, 15) is 0 Å². The van der Waals surface area contributed by atoms with E-state index in [1.54, 1.807) is 22.7 Å². The third-order valence-electron chi connectivity index (χ3n) is 2.99. The third-order valence-corrected chi connectivity index (χ3v) is 4.74. The van der Waals surface area contributed by atoms with E-state index < -0.39 is 0 Å². The maximum Gasteiger partial charge on any atom is 0.113 e. The van der Waals surface area contributed by atoms with Gasteiger partial charge in [-0.2, -0.15) is 11.3 Å². The van der Waals surface area contributed by atoms with Gasteiger partial charge in [0.2, 0.25) is 0 Å². The molecular formula is C11H12N2S2. The molecule has 0 aromatic carbocycles. The molecule has 0 radical (unpaired) electrons. The lowest BCUT2D eigenvalue weighted by atomic mass is 9.78. The first-order valence-electron chi connectivity index (χ1n) is 5.05. The van der Waals surface area contributed by atoms with Crippen LogP contribution in [0.15, 0.2) is 22.2 Å². The number of nitrogens with two attached hydrogens (primary N) is 1. The lowest BCUT2D eigenvalue weighted by Crippen LogP contribution is -2.43. The lowest BCUT2D eigenvalue weighted by molar-refractivity contribution is 0.253. The molecule has 2 aromatic heterocycles. The Morgan fingerprint density at radius 1 is 1.33 bits per heavy atom. The van der Waals surface area contributed by atoms with E-state index in [0.29, 0.717) is 0 Å². The lowest BCUT2D eigenvalue weighted by Gasteiger charge is -2.35. The molecule has 1 aliphatic rings. The number of rotatable bonds is 2. The molecule has 1 aliphatic carbocycles. The van der Waals surface area contributed by atoms with Crippen LogP contribution in [-0.2, 0) is 5.54 Å². The zero-order chi connectivity index (χ0) is 10.3. The van der Waals surface area contributed by atoms with Crippen LogP contribution in [0.4, 0.5) is 0 Å². The normalized spacial score (nSPS) is 18.7. The van der Waals surface area contributed by atoms with Gasteiger partial charge in [0.1, 0.15) is 5.01 Å². The van der Waals surface area contributed by atoms with Gasteiger partial charge in [-0.25, -0.2) is 4.98 Å². The molecule has 0 saturated heterocycles. The molecule has 0 atom stereocenters. The van der Waals surface area contributed by atoms with E-state index in [2.05, 4.69) is 27.2 Å². The van der Waals surface area contributed by atoms with Gasteiger partial charge in [0.15, 0.2) is 0 Å². The summed E-state index contributed by atoms with van der Waals surface area (Å²) in [5, 5.41) is 7.43. The Bertz CT molecular complexity index is 455. The monoisotopic (exact) mass is 236 g/mol. The Hall–Kier alpha value is -0.710. The van der Waals surface area contributed by atoms with Crippen LogP contribution in [0, 0.1) is 0 Å². The van der Waals surface area contributed by atoms with Crippen LogP contribution in [0.5, 0.6) is 0 Å². The standard InChI is InChI=1S/C11H12N2S2/c12-11(3-1-4-11)10-13-9(7-15-10)8-2-5-14-6-8/h2,5-7H,1,3-4,12H2. The van der Waals surface area contributed by atoms with E-state index in [4.69, 9.17) is 5.73 Å². The molecule has 1 saturated carbocycles. The van der Waals surface area contributed by atoms with Crippen molar-refractivity contribution in [1.82, 2.24) is 4.98 Å². The van der Waals surface area contributed by atoms with Gasteiger partial charge in [-0.15, -0.1) is 11.3 Å². The Labute approximate surface area is 96.8 Å². The Balaban J connectivity index is 1.94. The SMILES string of the molecule is NC1(c2nc(-c3ccsc3)cs2)CCC1. The van der Waals surface area contributed by atoms with Crippen LogP contribution in [0.1, 0.15) is 24.3 Å². The molecule has 2 aromatic rings. The second-order valence-corrected chi connectivity index (χ2v) is 5.70. The molecule has 2 N–H and O–H groups in total. The molecular weight excluding hydrogens is 224 g/mol. The van der Waals surface area contributed by atoms with E-state index in [1.807, 2.05) is 0 Å². The first-order valence-corrected chi connectivity index (χ1v) is 6.88. The highest BCUT2D eigenvalue weighted by atomic mass is 32.1. The minimum absolute atomic E-state index is 0.112. The van der Waals surface area contributed by atoms with Crippen LogP contribution in [0.3, 0.4) is 0 Å². The fraction of sp³-hybridized carbons (Fsp3) is 0.364. The number of thiophene rings is 1. The van der Waals surface area contributed by atoms with Gasteiger partial charge in [-0.1, -0.05) is 0 Å². The zero-order valence-electron chi connectivity index (χ0n) is 8.27. The maximum absolute atomic E-state index is 6.24. The van der Waals surface area contributed by atoms with Crippen LogP contribution in [-0.4, -0.2) is 4.98 Å². The van der Waals surface area contributed by atoms with E-state index in [-0.39, 0.29) is 5.54 Å². The second kappa shape index (κ2) is 3.40. The van der Waals surface area contributed by atoms with Gasteiger partial charge in [-0.3, -0.25) is 0 Å². The van der Waals surface area contributed by atoms with Crippen LogP contribution >= 0.6 is 22.7 Å². The second-order valence-electron chi connectivity index (χ2n) is 4.06. The summed E-state index contributed by atoms with van der Waals surface area (Å²) in [4.78, 5) is 4.65. The van der Waals surface area contributed by atoms with Gasteiger partial charge in [0.25, 0.3) is 0 Å². The Kier molecular flexibility index (Phi) is 2.16. The number of hydrogen-bond acceptors (Lipinski definition) is 4. The molecule has 0 unspecified atom stereocenters. The van der Waals surface area contributed by atoms with Crippen LogP contribution < -0.4 is 5.73 Å². The first-order chi connectivity index (χ1) is 7.28. The number of nitrogens with zero attached hydrogens (tertiary/aromatic N) is 1. The molecule has 3 rings (SSSR count). The molecule has 78 valence electrons. The molecule has 1 fully saturated rings. The summed E-state index contributed by atoms with van der Waals surface area (Å²) in [5.74, 6) is 0. The smallest absolute Gasteiger partial charge is 0.113 e. The average molecular weight is 236 g/mol. The molecule has 15 heavy (non-hydrogen) atoms. The highest BCUT2D eigenvalue weighted by Gasteiger charge is 2.37. The quantitative estimate of drug-likeness (QED) is 0.869. The van der Waals surface area contributed by atoms with Crippen LogP contribution in [0.2, 0.25) is 0 Å². The number of hydrogen-bond donors (Lipinski definition) is 1. The molecule has 0 aliphatic heterocycles. The average Bonchev–Trinajstić information content (AvgIpc) is 2.84. The number of thiazole rings is 1. The highest BCUT2D eigenvalue weighted by Crippen LogP contribution is 2.41. The van der Waals surface area contributed by atoms with Gasteiger partial charge in [0, 0.05) is 16.3 Å². The third kappa shape index (κ3) is 1.53. The minimum Gasteiger partial charge on any atom is -0.319 e. The molecule has 0 spiro atoms. The van der Waals surface area contributed by atoms with Gasteiger partial charge in [-0.05, 0) is 30.7 Å². The van der Waals surface area contributed by atoms with E-state index in [1.165, 1.54) is 12.0 Å². The fourth-order valence-electron chi connectivity index (χ4n) is 1.82. The fourth-order valence-corrected chi connectivity index (χ4v) is 3.47. The van der Waals surface area contributed by atoms with Crippen molar-refractivity contribution in [2.75, 3.05) is 0 Å². The summed E-state index contributed by atoms with van der Waals surface area (Å²) in [6.07, 6.45) is 3.41. The van der Waals surface area contributed by atoms with Crippen molar-refractivity contribution in [2.24, 2.45) is 5.73 Å². The predicted molar refractivity (Wildman–Crippen MR) is 65.1 cm³/mol. The summed E-state index contributed by atoms with van der Waals surface area (Å²) in [6.45, 7) is 0. The van der Waals surface area contributed by atoms with Gasteiger partial charge in [0.05, 0.1) is 11.2 Å². The van der Waals surface area contributed by atoms with Crippen LogP contribution in [0.25, 0.3) is 11.3 Å². The maximum atomic E-state index is 6.24. The molecule has 2 heterocycles. The van der Waals surface area contributed by atoms with Crippen molar-refractivity contribution in [1.29, 1.82) is 0 Å². The van der Waals surface area contributed by atoms with Crippen molar-refractivity contribution in [2.45, 2.75) is 24.8 Å². The van der Waals surface area contributed by atoms with Crippen molar-refractivity contribution in [3.8, 4) is 11.3 Å². The van der Waals surface area contributed by atoms with Crippen molar-refractivity contribution in [3.05, 3.63) is 27.2 Å². The molecule has 0 bridgehead atoms. The largest absolute Gasteiger partial charge is 0.319 e. The zero-order valence-corrected chi connectivity index (χ0v) is 9.90. The predicted octanol–water partition coefficient (Wildman–Crippen LogP) is 3.21. The highest BCUT2D eigenvalue weighted by molar-refractivity contribution is 7.10. The van der Waals surface area contributed by atoms with Gasteiger partial charge < -0.3 is 5.73 Å². The minimum atomic E-state index is -0.112. The van der Waals surface area contributed by atoms with Crippen molar-refractivity contribution >= 4 is 22.7 Å².